The molecule has 16 heavy (non-hydrogen) atoms. The Kier molecular flexibility index (Phi) is 5.20. The Labute approximate surface area is 96.0 Å². The van der Waals surface area contributed by atoms with E-state index < -0.39 is 0 Å². The van der Waals surface area contributed by atoms with E-state index in [0.29, 0.717) is 12.0 Å². The van der Waals surface area contributed by atoms with Crippen LogP contribution in [-0.2, 0) is 4.79 Å². The zero-order valence-corrected chi connectivity index (χ0v) is 9.48. The van der Waals surface area contributed by atoms with Crippen molar-refractivity contribution in [3.05, 3.63) is 48.0 Å². The van der Waals surface area contributed by atoms with Gasteiger partial charge in [-0.3, -0.25) is 4.79 Å². The molecule has 1 aromatic rings. The fraction of sp³-hybridized carbons (Fsp3) is 0.286. The van der Waals surface area contributed by atoms with Crippen LogP contribution in [0, 0.1) is 0 Å². The highest BCUT2D eigenvalue weighted by Gasteiger charge is 1.98. The molecule has 0 radical (unpaired) electrons. The lowest BCUT2D eigenvalue weighted by Crippen LogP contribution is -1.93. The molecule has 0 saturated carbocycles. The van der Waals surface area contributed by atoms with Gasteiger partial charge in [0.25, 0.3) is 0 Å². The fourth-order valence-corrected chi connectivity index (χ4v) is 1.36. The molecule has 2 nitrogen and oxygen atoms in total. The summed E-state index contributed by atoms with van der Waals surface area (Å²) < 4.78 is 0. The van der Waals surface area contributed by atoms with Crippen LogP contribution in [0.15, 0.2) is 42.5 Å². The molecular formula is C14H16O2. The van der Waals surface area contributed by atoms with Crippen LogP contribution >= 0.6 is 0 Å². The molecule has 0 N–H and O–H groups in total. The van der Waals surface area contributed by atoms with Crippen LogP contribution in [-0.4, -0.2) is 11.6 Å². The molecule has 0 aliphatic heterocycles. The number of benzene rings is 1. The minimum absolute atomic E-state index is 0.0171. The number of hydrogen-bond donors (Lipinski definition) is 0. The summed E-state index contributed by atoms with van der Waals surface area (Å²) in [6, 6.07) is 9.16. The van der Waals surface area contributed by atoms with Crippen molar-refractivity contribution in [3.8, 4) is 0 Å². The molecule has 0 bridgehead atoms. The van der Waals surface area contributed by atoms with Crippen molar-refractivity contribution in [2.75, 3.05) is 0 Å². The van der Waals surface area contributed by atoms with Gasteiger partial charge in [-0.05, 0) is 25.8 Å². The molecule has 0 unspecified atom stereocenters. The molecule has 0 spiro atoms. The molecule has 84 valence electrons. The number of rotatable bonds is 6. The van der Waals surface area contributed by atoms with E-state index in [2.05, 4.69) is 0 Å². The zero-order chi connectivity index (χ0) is 11.8. The molecule has 0 aromatic heterocycles. The smallest absolute Gasteiger partial charge is 0.185 e. The van der Waals surface area contributed by atoms with E-state index in [1.807, 2.05) is 24.3 Å². The van der Waals surface area contributed by atoms with Gasteiger partial charge in [-0.15, -0.1) is 0 Å². The van der Waals surface area contributed by atoms with Crippen LogP contribution in [0.4, 0.5) is 0 Å². The number of hydrogen-bond acceptors (Lipinski definition) is 2. The van der Waals surface area contributed by atoms with Crippen LogP contribution in [0.25, 0.3) is 0 Å². The third-order valence-corrected chi connectivity index (χ3v) is 2.23. The van der Waals surface area contributed by atoms with E-state index in [4.69, 9.17) is 0 Å². The first-order chi connectivity index (χ1) is 7.70. The second-order valence-electron chi connectivity index (χ2n) is 3.73. The lowest BCUT2D eigenvalue weighted by Gasteiger charge is -1.94. The van der Waals surface area contributed by atoms with E-state index >= 15 is 0 Å². The standard InChI is InChI=1S/C14H16O2/c1-12(15)8-4-2-7-11-14(16)13-9-5-3-6-10-13/h3,5-7,9-11H,2,4,8H2,1H3/b11-7+. The van der Waals surface area contributed by atoms with E-state index in [0.717, 1.165) is 12.8 Å². The van der Waals surface area contributed by atoms with Gasteiger partial charge in [0.1, 0.15) is 5.78 Å². The summed E-state index contributed by atoms with van der Waals surface area (Å²) in [6.07, 6.45) is 5.59. The van der Waals surface area contributed by atoms with Gasteiger partial charge in [-0.1, -0.05) is 36.4 Å². The van der Waals surface area contributed by atoms with Crippen molar-refractivity contribution < 1.29 is 9.59 Å². The lowest BCUT2D eigenvalue weighted by molar-refractivity contribution is -0.117. The van der Waals surface area contributed by atoms with Crippen molar-refractivity contribution >= 4 is 11.6 Å². The average Bonchev–Trinajstić information content (AvgIpc) is 2.29. The van der Waals surface area contributed by atoms with E-state index in [1.54, 1.807) is 25.1 Å². The maximum absolute atomic E-state index is 11.6. The lowest BCUT2D eigenvalue weighted by atomic mass is 10.1. The number of ketones is 2. The average molecular weight is 216 g/mol. The Morgan fingerprint density at radius 2 is 1.88 bits per heavy atom. The van der Waals surface area contributed by atoms with Crippen molar-refractivity contribution in [1.29, 1.82) is 0 Å². The number of carbonyl (C=O) groups excluding carboxylic acids is 2. The largest absolute Gasteiger partial charge is 0.300 e. The minimum atomic E-state index is 0.0171. The molecule has 0 amide bonds. The Bertz CT molecular complexity index is 377. The van der Waals surface area contributed by atoms with Crippen LogP contribution in [0.3, 0.4) is 0 Å². The zero-order valence-electron chi connectivity index (χ0n) is 9.48. The Balaban J connectivity index is 2.35. The summed E-state index contributed by atoms with van der Waals surface area (Å²) in [5.41, 5.74) is 0.699. The van der Waals surface area contributed by atoms with Crippen molar-refractivity contribution in [1.82, 2.24) is 0 Å². The SMILES string of the molecule is CC(=O)CCC/C=C/C(=O)c1ccccc1. The van der Waals surface area contributed by atoms with Crippen molar-refractivity contribution in [3.63, 3.8) is 0 Å². The third kappa shape index (κ3) is 4.69. The molecule has 0 fully saturated rings. The highest BCUT2D eigenvalue weighted by Crippen LogP contribution is 2.03. The number of unbranched alkanes of at least 4 members (excludes halogenated alkanes) is 1. The van der Waals surface area contributed by atoms with Gasteiger partial charge < -0.3 is 4.79 Å². The van der Waals surface area contributed by atoms with Gasteiger partial charge in [-0.25, -0.2) is 0 Å². The molecule has 1 rings (SSSR count). The molecular weight excluding hydrogens is 200 g/mol. The summed E-state index contributed by atoms with van der Waals surface area (Å²) in [6.45, 7) is 1.58. The van der Waals surface area contributed by atoms with E-state index in [1.165, 1.54) is 0 Å². The third-order valence-electron chi connectivity index (χ3n) is 2.23. The second kappa shape index (κ2) is 6.72. The van der Waals surface area contributed by atoms with Crippen LogP contribution in [0.1, 0.15) is 36.5 Å². The molecule has 0 aliphatic carbocycles. The number of allylic oxidation sites excluding steroid dienone is 2. The van der Waals surface area contributed by atoms with Crippen molar-refractivity contribution in [2.24, 2.45) is 0 Å². The van der Waals surface area contributed by atoms with Crippen LogP contribution < -0.4 is 0 Å². The Morgan fingerprint density at radius 3 is 2.50 bits per heavy atom. The monoisotopic (exact) mass is 216 g/mol. The first-order valence-electron chi connectivity index (χ1n) is 5.45. The highest BCUT2D eigenvalue weighted by atomic mass is 16.1. The minimum Gasteiger partial charge on any atom is -0.300 e. The predicted octanol–water partition coefficient (Wildman–Crippen LogP) is 3.18. The first kappa shape index (κ1) is 12.4. The highest BCUT2D eigenvalue weighted by molar-refractivity contribution is 6.04. The Hall–Kier alpha value is -1.70. The van der Waals surface area contributed by atoms with Crippen LogP contribution in [0.2, 0.25) is 0 Å². The van der Waals surface area contributed by atoms with Gasteiger partial charge in [0.05, 0.1) is 0 Å². The second-order valence-corrected chi connectivity index (χ2v) is 3.73. The topological polar surface area (TPSA) is 34.1 Å². The molecule has 0 saturated heterocycles. The van der Waals surface area contributed by atoms with Crippen LogP contribution in [0.5, 0.6) is 0 Å². The summed E-state index contributed by atoms with van der Waals surface area (Å²) in [7, 11) is 0. The number of Topliss-reactive ketones (excluding diaryl/α,β-unsaturated/α-hetero) is 1. The van der Waals surface area contributed by atoms with E-state index in [-0.39, 0.29) is 11.6 Å². The van der Waals surface area contributed by atoms with Crippen molar-refractivity contribution in [2.45, 2.75) is 26.2 Å². The molecule has 0 heterocycles. The molecule has 0 atom stereocenters. The summed E-state index contributed by atoms with van der Waals surface area (Å²) in [5.74, 6) is 0.214. The summed E-state index contributed by atoms with van der Waals surface area (Å²) in [5, 5.41) is 0. The Morgan fingerprint density at radius 1 is 1.19 bits per heavy atom. The van der Waals surface area contributed by atoms with Gasteiger partial charge in [0.2, 0.25) is 0 Å². The molecule has 2 heteroatoms. The normalized spacial score (nSPS) is 10.6. The fourth-order valence-electron chi connectivity index (χ4n) is 1.36. The van der Waals surface area contributed by atoms with Gasteiger partial charge >= 0.3 is 0 Å². The number of carbonyl (C=O) groups is 2. The van der Waals surface area contributed by atoms with Gasteiger partial charge in [-0.2, -0.15) is 0 Å². The molecule has 0 aliphatic rings. The van der Waals surface area contributed by atoms with E-state index in [9.17, 15) is 9.59 Å². The van der Waals surface area contributed by atoms with Gasteiger partial charge in [0.15, 0.2) is 5.78 Å². The molecule has 1 aromatic carbocycles. The quantitative estimate of drug-likeness (QED) is 0.416. The predicted molar refractivity (Wildman–Crippen MR) is 64.4 cm³/mol. The first-order valence-corrected chi connectivity index (χ1v) is 5.45. The van der Waals surface area contributed by atoms with Gasteiger partial charge in [0, 0.05) is 12.0 Å². The maximum atomic E-state index is 11.6. The maximum Gasteiger partial charge on any atom is 0.185 e. The summed E-state index contributed by atoms with van der Waals surface area (Å²) >= 11 is 0. The summed E-state index contributed by atoms with van der Waals surface area (Å²) in [4.78, 5) is 22.3.